The number of rotatable bonds is 4. The van der Waals surface area contributed by atoms with Crippen LogP contribution in [0, 0.1) is 0 Å². The lowest BCUT2D eigenvalue weighted by atomic mass is 10.4. The summed E-state index contributed by atoms with van der Waals surface area (Å²) in [5.74, 6) is 0.648. The first-order chi connectivity index (χ1) is 9.03. The van der Waals surface area contributed by atoms with E-state index in [4.69, 9.17) is 11.6 Å². The van der Waals surface area contributed by atoms with Crippen molar-refractivity contribution in [2.45, 2.75) is 4.90 Å². The molecule has 8 heteroatoms. The minimum Gasteiger partial charge on any atom is -0.372 e. The number of anilines is 2. The second-order valence-electron chi connectivity index (χ2n) is 3.57. The fourth-order valence-electron chi connectivity index (χ4n) is 1.37. The van der Waals surface area contributed by atoms with Crippen molar-refractivity contribution < 1.29 is 8.42 Å². The molecule has 0 spiro atoms. The summed E-state index contributed by atoms with van der Waals surface area (Å²) < 4.78 is 26.5. The summed E-state index contributed by atoms with van der Waals surface area (Å²) in [6.07, 6.45) is 2.72. The van der Waals surface area contributed by atoms with Gasteiger partial charge < -0.3 is 5.32 Å². The van der Waals surface area contributed by atoms with Crippen LogP contribution in [0.25, 0.3) is 0 Å². The molecule has 19 heavy (non-hydrogen) atoms. The van der Waals surface area contributed by atoms with Gasteiger partial charge in [-0.1, -0.05) is 17.7 Å². The molecule has 0 atom stereocenters. The van der Waals surface area contributed by atoms with E-state index in [0.29, 0.717) is 5.82 Å². The summed E-state index contributed by atoms with van der Waals surface area (Å²) in [5, 5.41) is 2.98. The lowest BCUT2D eigenvalue weighted by molar-refractivity contribution is 0.600. The quantitative estimate of drug-likeness (QED) is 0.901. The Morgan fingerprint density at radius 3 is 2.63 bits per heavy atom. The molecule has 0 aromatic carbocycles. The maximum Gasteiger partial charge on any atom is 0.264 e. The SMILES string of the molecule is CNc1ncc(S(=O)(=O)Nc2ccccn2)cc1Cl. The van der Waals surface area contributed by atoms with Gasteiger partial charge in [0.15, 0.2) is 0 Å². The number of aromatic nitrogens is 2. The molecular formula is C11H11ClN4O2S. The molecule has 0 aliphatic heterocycles. The molecule has 100 valence electrons. The normalized spacial score (nSPS) is 11.1. The Balaban J connectivity index is 2.32. The molecule has 0 saturated carbocycles. The van der Waals surface area contributed by atoms with Gasteiger partial charge in [-0.2, -0.15) is 0 Å². The Kier molecular flexibility index (Phi) is 3.87. The predicted molar refractivity (Wildman–Crippen MR) is 73.8 cm³/mol. The van der Waals surface area contributed by atoms with Crippen molar-refractivity contribution in [1.29, 1.82) is 0 Å². The molecule has 0 bridgehead atoms. The van der Waals surface area contributed by atoms with Gasteiger partial charge in [0, 0.05) is 19.4 Å². The van der Waals surface area contributed by atoms with Crippen molar-refractivity contribution in [3.8, 4) is 0 Å². The first-order valence-electron chi connectivity index (χ1n) is 5.30. The fraction of sp³-hybridized carbons (Fsp3) is 0.0909. The van der Waals surface area contributed by atoms with Gasteiger partial charge in [0.05, 0.1) is 5.02 Å². The Labute approximate surface area is 115 Å². The Hall–Kier alpha value is -1.86. The number of halogens is 1. The third-order valence-electron chi connectivity index (χ3n) is 2.27. The number of hydrogen-bond donors (Lipinski definition) is 2. The number of nitrogens with one attached hydrogen (secondary N) is 2. The Morgan fingerprint density at radius 2 is 2.05 bits per heavy atom. The average molecular weight is 299 g/mol. The molecule has 0 aliphatic rings. The molecule has 0 aliphatic carbocycles. The monoisotopic (exact) mass is 298 g/mol. The van der Waals surface area contributed by atoms with Crippen LogP contribution in [0.5, 0.6) is 0 Å². The molecule has 0 fully saturated rings. The van der Waals surface area contributed by atoms with Crippen LogP contribution >= 0.6 is 11.6 Å². The highest BCUT2D eigenvalue weighted by molar-refractivity contribution is 7.92. The van der Waals surface area contributed by atoms with Crippen molar-refractivity contribution in [2.24, 2.45) is 0 Å². The number of sulfonamides is 1. The van der Waals surface area contributed by atoms with Gasteiger partial charge >= 0.3 is 0 Å². The van der Waals surface area contributed by atoms with Gasteiger partial charge in [0.2, 0.25) is 0 Å². The van der Waals surface area contributed by atoms with Crippen molar-refractivity contribution in [2.75, 3.05) is 17.1 Å². The summed E-state index contributed by atoms with van der Waals surface area (Å²) >= 11 is 5.91. The molecule has 2 aromatic rings. The summed E-state index contributed by atoms with van der Waals surface area (Å²) in [6.45, 7) is 0. The smallest absolute Gasteiger partial charge is 0.264 e. The first kappa shape index (κ1) is 13.6. The number of nitrogens with zero attached hydrogens (tertiary/aromatic N) is 2. The highest BCUT2D eigenvalue weighted by Crippen LogP contribution is 2.23. The van der Waals surface area contributed by atoms with Crippen molar-refractivity contribution >= 4 is 33.3 Å². The molecule has 2 heterocycles. The molecule has 2 rings (SSSR count). The zero-order valence-electron chi connectivity index (χ0n) is 9.96. The van der Waals surface area contributed by atoms with E-state index in [9.17, 15) is 8.42 Å². The van der Waals surface area contributed by atoms with Crippen LogP contribution in [0.1, 0.15) is 0 Å². The van der Waals surface area contributed by atoms with Gasteiger partial charge in [-0.3, -0.25) is 4.72 Å². The second kappa shape index (κ2) is 5.41. The summed E-state index contributed by atoms with van der Waals surface area (Å²) in [7, 11) is -2.10. The maximum absolute atomic E-state index is 12.1. The Bertz CT molecular complexity index is 676. The molecule has 2 aromatic heterocycles. The van der Waals surface area contributed by atoms with E-state index in [0.717, 1.165) is 0 Å². The van der Waals surface area contributed by atoms with E-state index in [-0.39, 0.29) is 15.7 Å². The van der Waals surface area contributed by atoms with Crippen LogP contribution in [-0.2, 0) is 10.0 Å². The number of pyridine rings is 2. The van der Waals surface area contributed by atoms with Crippen LogP contribution in [0.3, 0.4) is 0 Å². The molecule has 0 amide bonds. The predicted octanol–water partition coefficient (Wildman–Crippen LogP) is 1.97. The lowest BCUT2D eigenvalue weighted by Crippen LogP contribution is -2.14. The van der Waals surface area contributed by atoms with E-state index in [1.807, 2.05) is 0 Å². The van der Waals surface area contributed by atoms with Gasteiger partial charge in [-0.25, -0.2) is 18.4 Å². The zero-order valence-corrected chi connectivity index (χ0v) is 11.5. The zero-order chi connectivity index (χ0) is 13.9. The lowest BCUT2D eigenvalue weighted by Gasteiger charge is -2.08. The second-order valence-corrected chi connectivity index (χ2v) is 5.66. The molecule has 0 unspecified atom stereocenters. The molecule has 6 nitrogen and oxygen atoms in total. The van der Waals surface area contributed by atoms with Crippen molar-refractivity contribution in [3.63, 3.8) is 0 Å². The summed E-state index contributed by atoms with van der Waals surface area (Å²) in [6, 6.07) is 6.25. The summed E-state index contributed by atoms with van der Waals surface area (Å²) in [5.41, 5.74) is 0. The van der Waals surface area contributed by atoms with Crippen LogP contribution in [0.2, 0.25) is 5.02 Å². The first-order valence-corrected chi connectivity index (χ1v) is 7.16. The van der Waals surface area contributed by atoms with Gasteiger partial charge in [0.25, 0.3) is 10.0 Å². The summed E-state index contributed by atoms with van der Waals surface area (Å²) in [4.78, 5) is 7.79. The highest BCUT2D eigenvalue weighted by atomic mass is 35.5. The molecule has 2 N–H and O–H groups in total. The van der Waals surface area contributed by atoms with Gasteiger partial charge in [-0.15, -0.1) is 0 Å². The van der Waals surface area contributed by atoms with E-state index < -0.39 is 10.0 Å². The number of hydrogen-bond acceptors (Lipinski definition) is 5. The molecular weight excluding hydrogens is 288 g/mol. The van der Waals surface area contributed by atoms with Crippen LogP contribution < -0.4 is 10.0 Å². The van der Waals surface area contributed by atoms with Gasteiger partial charge in [0.1, 0.15) is 16.5 Å². The highest BCUT2D eigenvalue weighted by Gasteiger charge is 2.16. The van der Waals surface area contributed by atoms with Crippen LogP contribution in [0.15, 0.2) is 41.6 Å². The third kappa shape index (κ3) is 3.12. The topological polar surface area (TPSA) is 84.0 Å². The minimum absolute atomic E-state index is 0.0258. The van der Waals surface area contributed by atoms with Crippen LogP contribution in [-0.4, -0.2) is 25.4 Å². The Morgan fingerprint density at radius 1 is 1.26 bits per heavy atom. The van der Waals surface area contributed by atoms with E-state index >= 15 is 0 Å². The van der Waals surface area contributed by atoms with Gasteiger partial charge in [-0.05, 0) is 18.2 Å². The molecule has 0 radical (unpaired) electrons. The fourth-order valence-corrected chi connectivity index (χ4v) is 2.67. The maximum atomic E-state index is 12.1. The average Bonchev–Trinajstić information content (AvgIpc) is 2.39. The van der Waals surface area contributed by atoms with E-state index in [2.05, 4.69) is 20.0 Å². The van der Waals surface area contributed by atoms with E-state index in [1.54, 1.807) is 25.2 Å². The minimum atomic E-state index is -3.75. The largest absolute Gasteiger partial charge is 0.372 e. The van der Waals surface area contributed by atoms with Crippen LogP contribution in [0.4, 0.5) is 11.6 Å². The van der Waals surface area contributed by atoms with Crippen molar-refractivity contribution in [1.82, 2.24) is 9.97 Å². The van der Waals surface area contributed by atoms with Crippen molar-refractivity contribution in [3.05, 3.63) is 41.7 Å². The third-order valence-corrected chi connectivity index (χ3v) is 3.88. The van der Waals surface area contributed by atoms with E-state index in [1.165, 1.54) is 18.5 Å². The standard InChI is InChI=1S/C11H11ClN4O2S/c1-13-11-9(12)6-8(7-15-11)19(17,18)16-10-4-2-3-5-14-10/h2-7H,1H3,(H,13,15)(H,14,16). The molecule has 0 saturated heterocycles.